The summed E-state index contributed by atoms with van der Waals surface area (Å²) in [5.74, 6) is -1.20. The molecule has 1 heterocycles. The van der Waals surface area contributed by atoms with Crippen molar-refractivity contribution in [3.8, 4) is 0 Å². The number of sulfonamides is 1. The molecule has 1 aliphatic heterocycles. The summed E-state index contributed by atoms with van der Waals surface area (Å²) in [5.41, 5.74) is 0.245. The topological polar surface area (TPSA) is 37.4 Å². The third-order valence-corrected chi connectivity index (χ3v) is 7.24. The first-order chi connectivity index (χ1) is 11.9. The first kappa shape index (κ1) is 18.3. The Morgan fingerprint density at radius 3 is 2.52 bits per heavy atom. The Morgan fingerprint density at radius 2 is 1.76 bits per heavy atom. The maximum absolute atomic E-state index is 14.0. The molecule has 1 saturated heterocycles. The van der Waals surface area contributed by atoms with E-state index >= 15 is 0 Å². The van der Waals surface area contributed by atoms with Crippen LogP contribution < -0.4 is 0 Å². The first-order valence-corrected chi connectivity index (χ1v) is 10.2. The minimum absolute atomic E-state index is 0.104. The van der Waals surface area contributed by atoms with Gasteiger partial charge in [0.05, 0.1) is 4.90 Å². The fraction of sp³-hybridized carbons (Fsp3) is 0.294. The number of rotatable bonds is 3. The van der Waals surface area contributed by atoms with Gasteiger partial charge in [0.15, 0.2) is 0 Å². The van der Waals surface area contributed by atoms with E-state index in [0.717, 1.165) is 24.3 Å². The molecule has 2 aromatic rings. The number of benzene rings is 2. The normalized spacial score (nSPS) is 19.6. The zero-order valence-corrected chi connectivity index (χ0v) is 14.8. The van der Waals surface area contributed by atoms with Crippen molar-refractivity contribution in [2.75, 3.05) is 18.8 Å². The molecule has 0 radical (unpaired) electrons. The van der Waals surface area contributed by atoms with Crippen molar-refractivity contribution in [3.63, 3.8) is 0 Å². The van der Waals surface area contributed by atoms with Crippen molar-refractivity contribution in [2.45, 2.75) is 16.6 Å². The molecule has 0 N–H and O–H groups in total. The highest BCUT2D eigenvalue weighted by atomic mass is 32.2. The van der Waals surface area contributed by atoms with Crippen LogP contribution in [0, 0.1) is 17.5 Å². The van der Waals surface area contributed by atoms with Gasteiger partial charge in [0.25, 0.3) is 0 Å². The van der Waals surface area contributed by atoms with E-state index in [9.17, 15) is 21.6 Å². The Labute approximate surface area is 148 Å². The highest BCUT2D eigenvalue weighted by Crippen LogP contribution is 2.37. The average Bonchev–Trinajstić information content (AvgIpc) is 2.83. The summed E-state index contributed by atoms with van der Waals surface area (Å²) in [6.45, 7) is 0.392. The Balaban J connectivity index is 1.81. The molecule has 3 nitrogen and oxygen atoms in total. The van der Waals surface area contributed by atoms with E-state index < -0.39 is 27.5 Å². The van der Waals surface area contributed by atoms with E-state index in [1.807, 2.05) is 0 Å². The lowest BCUT2D eigenvalue weighted by Crippen LogP contribution is -2.33. The lowest BCUT2D eigenvalue weighted by atomic mass is 10.1. The molecular weight excluding hydrogens is 371 g/mol. The highest BCUT2D eigenvalue weighted by Gasteiger charge is 2.29. The largest absolute Gasteiger partial charge is 0.243 e. The van der Waals surface area contributed by atoms with Gasteiger partial charge >= 0.3 is 0 Å². The van der Waals surface area contributed by atoms with E-state index in [2.05, 4.69) is 0 Å². The third-order valence-electron chi connectivity index (χ3n) is 4.04. The van der Waals surface area contributed by atoms with E-state index in [4.69, 9.17) is 0 Å². The monoisotopic (exact) mass is 387 g/mol. The zero-order valence-electron chi connectivity index (χ0n) is 13.2. The Hall–Kier alpha value is -1.51. The van der Waals surface area contributed by atoms with Crippen LogP contribution >= 0.6 is 11.8 Å². The number of hydrogen-bond donors (Lipinski definition) is 0. The quantitative estimate of drug-likeness (QED) is 0.800. The number of hydrogen-bond acceptors (Lipinski definition) is 3. The summed E-state index contributed by atoms with van der Waals surface area (Å²) >= 11 is 1.39. The molecule has 1 fully saturated rings. The molecule has 2 aromatic carbocycles. The molecule has 25 heavy (non-hydrogen) atoms. The average molecular weight is 387 g/mol. The van der Waals surface area contributed by atoms with Gasteiger partial charge in [-0.15, -0.1) is 0 Å². The number of halogens is 3. The standard InChI is InChI=1S/C17H16F3NO2S2/c18-12-2-1-3-14(10-12)25(22,23)21-7-6-17(24-9-8-21)15-11-13(19)4-5-16(15)20/h1-5,10-11,17H,6-9H2. The maximum atomic E-state index is 14.0. The summed E-state index contributed by atoms with van der Waals surface area (Å²) in [6, 6.07) is 8.15. The molecule has 134 valence electrons. The Kier molecular flexibility index (Phi) is 5.41. The molecule has 8 heteroatoms. The minimum atomic E-state index is -3.82. The van der Waals surface area contributed by atoms with E-state index in [1.54, 1.807) is 0 Å². The van der Waals surface area contributed by atoms with Crippen LogP contribution in [0.5, 0.6) is 0 Å². The van der Waals surface area contributed by atoms with Crippen LogP contribution in [0.2, 0.25) is 0 Å². The predicted molar refractivity (Wildman–Crippen MR) is 91.3 cm³/mol. The van der Waals surface area contributed by atoms with Gasteiger partial charge in [-0.3, -0.25) is 0 Å². The number of thioether (sulfide) groups is 1. The minimum Gasteiger partial charge on any atom is -0.207 e. The SMILES string of the molecule is O=S(=O)(c1cccc(F)c1)N1CCSC(c2cc(F)ccc2F)CC1. The summed E-state index contributed by atoms with van der Waals surface area (Å²) in [7, 11) is -3.82. The van der Waals surface area contributed by atoms with Crippen LogP contribution in [0.4, 0.5) is 13.2 Å². The molecule has 0 amide bonds. The van der Waals surface area contributed by atoms with Gasteiger partial charge in [0, 0.05) is 29.7 Å². The van der Waals surface area contributed by atoms with Crippen LogP contribution in [0.1, 0.15) is 17.2 Å². The predicted octanol–water partition coefficient (Wildman–Crippen LogP) is 3.97. The smallest absolute Gasteiger partial charge is 0.207 e. The van der Waals surface area contributed by atoms with Gasteiger partial charge in [-0.05, 0) is 42.8 Å². The fourth-order valence-corrected chi connectivity index (χ4v) is 5.62. The highest BCUT2D eigenvalue weighted by molar-refractivity contribution is 7.99. The molecule has 0 aliphatic carbocycles. The van der Waals surface area contributed by atoms with Crippen LogP contribution in [0.15, 0.2) is 47.4 Å². The maximum Gasteiger partial charge on any atom is 0.243 e. The van der Waals surface area contributed by atoms with Gasteiger partial charge in [-0.25, -0.2) is 21.6 Å². The molecule has 0 saturated carbocycles. The van der Waals surface area contributed by atoms with Crippen molar-refractivity contribution in [1.29, 1.82) is 0 Å². The van der Waals surface area contributed by atoms with Crippen LogP contribution in [0.25, 0.3) is 0 Å². The lowest BCUT2D eigenvalue weighted by Gasteiger charge is -2.20. The molecule has 1 aliphatic rings. The molecule has 1 atom stereocenters. The van der Waals surface area contributed by atoms with Crippen LogP contribution in [-0.2, 0) is 10.0 Å². The molecule has 0 aromatic heterocycles. The van der Waals surface area contributed by atoms with Crippen LogP contribution in [-0.4, -0.2) is 31.6 Å². The van der Waals surface area contributed by atoms with Crippen molar-refractivity contribution in [3.05, 3.63) is 65.5 Å². The fourth-order valence-electron chi connectivity index (χ4n) is 2.78. The summed E-state index contributed by atoms with van der Waals surface area (Å²) in [5, 5.41) is -0.330. The summed E-state index contributed by atoms with van der Waals surface area (Å²) < 4.78 is 67.3. The summed E-state index contributed by atoms with van der Waals surface area (Å²) in [6.07, 6.45) is 0.347. The molecule has 0 bridgehead atoms. The lowest BCUT2D eigenvalue weighted by molar-refractivity contribution is 0.426. The number of nitrogens with zero attached hydrogens (tertiary/aromatic N) is 1. The van der Waals surface area contributed by atoms with Gasteiger partial charge in [0.1, 0.15) is 17.5 Å². The second kappa shape index (κ2) is 7.39. The molecule has 3 rings (SSSR count). The zero-order chi connectivity index (χ0) is 18.0. The van der Waals surface area contributed by atoms with E-state index in [-0.39, 0.29) is 28.8 Å². The van der Waals surface area contributed by atoms with Crippen molar-refractivity contribution >= 4 is 21.8 Å². The van der Waals surface area contributed by atoms with Crippen molar-refractivity contribution < 1.29 is 21.6 Å². The van der Waals surface area contributed by atoms with Gasteiger partial charge in [0.2, 0.25) is 10.0 Å². The van der Waals surface area contributed by atoms with Crippen molar-refractivity contribution in [2.24, 2.45) is 0 Å². The Bertz CT molecular complexity index is 874. The second-order valence-electron chi connectivity index (χ2n) is 5.68. The van der Waals surface area contributed by atoms with Crippen LogP contribution in [0.3, 0.4) is 0 Å². The van der Waals surface area contributed by atoms with Gasteiger partial charge < -0.3 is 0 Å². The van der Waals surface area contributed by atoms with Crippen molar-refractivity contribution in [1.82, 2.24) is 4.31 Å². The van der Waals surface area contributed by atoms with E-state index in [1.165, 1.54) is 34.3 Å². The molecular formula is C17H16F3NO2S2. The van der Waals surface area contributed by atoms with Gasteiger partial charge in [-0.1, -0.05) is 6.07 Å². The first-order valence-electron chi connectivity index (χ1n) is 7.70. The third kappa shape index (κ3) is 4.02. The Morgan fingerprint density at radius 1 is 1.00 bits per heavy atom. The second-order valence-corrected chi connectivity index (χ2v) is 8.92. The van der Waals surface area contributed by atoms with E-state index in [0.29, 0.717) is 12.2 Å². The molecule has 0 spiro atoms. The van der Waals surface area contributed by atoms with Gasteiger partial charge in [-0.2, -0.15) is 16.1 Å². The summed E-state index contributed by atoms with van der Waals surface area (Å²) in [4.78, 5) is -0.104. The molecule has 1 unspecified atom stereocenters.